The molecule has 1 aromatic rings. The molecule has 1 atom stereocenters. The number of rotatable bonds is 2. The zero-order valence-electron chi connectivity index (χ0n) is 11.8. The molecule has 0 spiro atoms. The van der Waals surface area contributed by atoms with E-state index >= 15 is 0 Å². The summed E-state index contributed by atoms with van der Waals surface area (Å²) in [6.07, 6.45) is 3.94. The second-order valence-electron chi connectivity index (χ2n) is 6.31. The lowest BCUT2D eigenvalue weighted by molar-refractivity contribution is 0.224. The van der Waals surface area contributed by atoms with Crippen LogP contribution in [0.25, 0.3) is 0 Å². The van der Waals surface area contributed by atoms with Crippen LogP contribution in [0.4, 0.5) is 0 Å². The second kappa shape index (κ2) is 4.04. The van der Waals surface area contributed by atoms with E-state index < -0.39 is 0 Å². The van der Waals surface area contributed by atoms with Crippen molar-refractivity contribution in [1.29, 1.82) is 0 Å². The van der Waals surface area contributed by atoms with Crippen LogP contribution >= 0.6 is 0 Å². The molecule has 1 saturated carbocycles. The zero-order chi connectivity index (χ0) is 12.7. The van der Waals surface area contributed by atoms with Crippen molar-refractivity contribution in [2.75, 3.05) is 7.11 Å². The number of hydrogen-bond acceptors (Lipinski definition) is 1. The van der Waals surface area contributed by atoms with Gasteiger partial charge in [0.1, 0.15) is 5.75 Å². The minimum atomic E-state index is 0.284. The Morgan fingerprint density at radius 2 is 1.76 bits per heavy atom. The Balaban J connectivity index is 2.49. The number of aryl methyl sites for hydroxylation is 1. The third kappa shape index (κ3) is 1.96. The quantitative estimate of drug-likeness (QED) is 0.731. The molecule has 0 bridgehead atoms. The molecule has 2 rings (SSSR count). The van der Waals surface area contributed by atoms with Gasteiger partial charge in [-0.25, -0.2) is 0 Å². The smallest absolute Gasteiger partial charge is 0.119 e. The molecule has 0 saturated heterocycles. The Bertz CT molecular complexity index is 420. The lowest BCUT2D eigenvalue weighted by atomic mass is 9.65. The SMILES string of the molecule is COc1cc(C)cc([C@]2(C)CCCC2(C)C)c1. The molecule has 1 aromatic carbocycles. The molecule has 0 unspecified atom stereocenters. The van der Waals surface area contributed by atoms with Crippen molar-refractivity contribution in [3.05, 3.63) is 29.3 Å². The molecule has 0 radical (unpaired) electrons. The van der Waals surface area contributed by atoms with Crippen molar-refractivity contribution in [3.8, 4) is 5.75 Å². The van der Waals surface area contributed by atoms with E-state index in [4.69, 9.17) is 4.74 Å². The first-order valence-corrected chi connectivity index (χ1v) is 6.55. The van der Waals surface area contributed by atoms with Crippen LogP contribution in [0.2, 0.25) is 0 Å². The summed E-state index contributed by atoms with van der Waals surface area (Å²) < 4.78 is 5.41. The van der Waals surface area contributed by atoms with Crippen LogP contribution in [0.15, 0.2) is 18.2 Å². The first-order chi connectivity index (χ1) is 7.89. The molecule has 0 aliphatic heterocycles. The zero-order valence-corrected chi connectivity index (χ0v) is 11.8. The summed E-state index contributed by atoms with van der Waals surface area (Å²) in [4.78, 5) is 0. The minimum absolute atomic E-state index is 0.284. The molecule has 94 valence electrons. The predicted octanol–water partition coefficient (Wildman–Crippen LogP) is 4.47. The number of benzene rings is 1. The van der Waals surface area contributed by atoms with Crippen LogP contribution in [-0.2, 0) is 5.41 Å². The molecule has 1 aliphatic rings. The molecule has 1 nitrogen and oxygen atoms in total. The highest BCUT2D eigenvalue weighted by atomic mass is 16.5. The normalized spacial score (nSPS) is 27.1. The van der Waals surface area contributed by atoms with Crippen molar-refractivity contribution in [1.82, 2.24) is 0 Å². The summed E-state index contributed by atoms with van der Waals surface area (Å²) in [7, 11) is 1.75. The van der Waals surface area contributed by atoms with Gasteiger partial charge in [-0.15, -0.1) is 0 Å². The molecular formula is C16H24O. The van der Waals surface area contributed by atoms with Crippen LogP contribution in [0.1, 0.15) is 51.2 Å². The largest absolute Gasteiger partial charge is 0.497 e. The average molecular weight is 232 g/mol. The molecule has 17 heavy (non-hydrogen) atoms. The summed E-state index contributed by atoms with van der Waals surface area (Å²) in [5, 5.41) is 0. The summed E-state index contributed by atoms with van der Waals surface area (Å²) in [5.74, 6) is 0.990. The third-order valence-corrected chi connectivity index (χ3v) is 4.90. The topological polar surface area (TPSA) is 9.23 Å². The van der Waals surface area contributed by atoms with Crippen molar-refractivity contribution < 1.29 is 4.74 Å². The van der Waals surface area contributed by atoms with Crippen LogP contribution in [0, 0.1) is 12.3 Å². The van der Waals surface area contributed by atoms with E-state index in [0.717, 1.165) is 5.75 Å². The summed E-state index contributed by atoms with van der Waals surface area (Å²) in [5.41, 5.74) is 3.40. The van der Waals surface area contributed by atoms with Gasteiger partial charge < -0.3 is 4.74 Å². The van der Waals surface area contributed by atoms with Gasteiger partial charge in [0.05, 0.1) is 7.11 Å². The Labute approximate surface area is 105 Å². The van der Waals surface area contributed by atoms with Gasteiger partial charge in [-0.05, 0) is 53.9 Å². The Morgan fingerprint density at radius 3 is 2.29 bits per heavy atom. The van der Waals surface area contributed by atoms with Crippen molar-refractivity contribution >= 4 is 0 Å². The first-order valence-electron chi connectivity index (χ1n) is 6.55. The lowest BCUT2D eigenvalue weighted by Crippen LogP contribution is -2.34. The number of hydrogen-bond donors (Lipinski definition) is 0. The van der Waals surface area contributed by atoms with Gasteiger partial charge in [0.15, 0.2) is 0 Å². The van der Waals surface area contributed by atoms with E-state index in [0.29, 0.717) is 5.41 Å². The van der Waals surface area contributed by atoms with Crippen molar-refractivity contribution in [2.24, 2.45) is 5.41 Å². The molecule has 0 amide bonds. The highest BCUT2D eigenvalue weighted by Gasteiger charge is 2.46. The van der Waals surface area contributed by atoms with Gasteiger partial charge in [-0.2, -0.15) is 0 Å². The summed E-state index contributed by atoms with van der Waals surface area (Å²) >= 11 is 0. The molecule has 0 aromatic heterocycles. The third-order valence-electron chi connectivity index (χ3n) is 4.90. The fraction of sp³-hybridized carbons (Fsp3) is 0.625. The highest BCUT2D eigenvalue weighted by Crippen LogP contribution is 2.54. The van der Waals surface area contributed by atoms with E-state index in [2.05, 4.69) is 45.9 Å². The van der Waals surface area contributed by atoms with Gasteiger partial charge in [-0.3, -0.25) is 0 Å². The Hall–Kier alpha value is -0.980. The van der Waals surface area contributed by atoms with E-state index in [1.165, 1.54) is 30.4 Å². The standard InChI is InChI=1S/C16H24O/c1-12-9-13(11-14(10-12)17-5)16(4)8-6-7-15(16,2)3/h9-11H,6-8H2,1-5H3/t16-/m0/s1. The maximum absolute atomic E-state index is 5.41. The number of methoxy groups -OCH3 is 1. The van der Waals surface area contributed by atoms with Crippen LogP contribution < -0.4 is 4.74 Å². The monoisotopic (exact) mass is 232 g/mol. The van der Waals surface area contributed by atoms with E-state index in [1.54, 1.807) is 7.11 Å². The fourth-order valence-electron chi connectivity index (χ4n) is 3.22. The fourth-order valence-corrected chi connectivity index (χ4v) is 3.22. The second-order valence-corrected chi connectivity index (χ2v) is 6.31. The lowest BCUT2D eigenvalue weighted by Gasteiger charge is -2.39. The summed E-state index contributed by atoms with van der Waals surface area (Å²) in [6, 6.07) is 6.66. The molecular weight excluding hydrogens is 208 g/mol. The van der Waals surface area contributed by atoms with E-state index in [9.17, 15) is 0 Å². The first kappa shape index (κ1) is 12.5. The minimum Gasteiger partial charge on any atom is -0.497 e. The molecule has 0 N–H and O–H groups in total. The maximum atomic E-state index is 5.41. The van der Waals surface area contributed by atoms with Crippen molar-refractivity contribution in [2.45, 2.75) is 52.4 Å². The van der Waals surface area contributed by atoms with Gasteiger partial charge >= 0.3 is 0 Å². The molecule has 1 aliphatic carbocycles. The summed E-state index contributed by atoms with van der Waals surface area (Å²) in [6.45, 7) is 9.36. The van der Waals surface area contributed by atoms with Gasteiger partial charge in [-0.1, -0.05) is 33.3 Å². The van der Waals surface area contributed by atoms with Gasteiger partial charge in [0.25, 0.3) is 0 Å². The molecule has 0 heterocycles. The van der Waals surface area contributed by atoms with Crippen LogP contribution in [-0.4, -0.2) is 7.11 Å². The maximum Gasteiger partial charge on any atom is 0.119 e. The highest BCUT2D eigenvalue weighted by molar-refractivity contribution is 5.39. The van der Waals surface area contributed by atoms with Crippen molar-refractivity contribution in [3.63, 3.8) is 0 Å². The van der Waals surface area contributed by atoms with Gasteiger partial charge in [0.2, 0.25) is 0 Å². The number of ether oxygens (including phenoxy) is 1. The average Bonchev–Trinajstić information content (AvgIpc) is 2.53. The van der Waals surface area contributed by atoms with E-state index in [1.807, 2.05) is 0 Å². The van der Waals surface area contributed by atoms with Crippen LogP contribution in [0.5, 0.6) is 5.75 Å². The van der Waals surface area contributed by atoms with Gasteiger partial charge in [0, 0.05) is 0 Å². The molecule has 1 heteroatoms. The Morgan fingerprint density at radius 1 is 1.06 bits per heavy atom. The van der Waals surface area contributed by atoms with Crippen LogP contribution in [0.3, 0.4) is 0 Å². The predicted molar refractivity (Wildman–Crippen MR) is 72.7 cm³/mol. The van der Waals surface area contributed by atoms with E-state index in [-0.39, 0.29) is 5.41 Å². The molecule has 1 fully saturated rings. The Kier molecular flexibility index (Phi) is 2.97.